The summed E-state index contributed by atoms with van der Waals surface area (Å²) in [5, 5.41) is 9.13. The van der Waals surface area contributed by atoms with Gasteiger partial charge in [0, 0.05) is 25.7 Å². The van der Waals surface area contributed by atoms with Crippen LogP contribution in [0.2, 0.25) is 0 Å². The van der Waals surface area contributed by atoms with Gasteiger partial charge in [0.2, 0.25) is 5.91 Å². The summed E-state index contributed by atoms with van der Waals surface area (Å²) in [5.74, 6) is 1.90. The van der Waals surface area contributed by atoms with E-state index in [2.05, 4.69) is 39.7 Å². The Balaban J connectivity index is 0.00000900. The van der Waals surface area contributed by atoms with Crippen molar-refractivity contribution >= 4 is 35.8 Å². The number of methoxy groups -OCH3 is 1. The first-order chi connectivity index (χ1) is 14.2. The molecule has 0 aliphatic carbocycles. The van der Waals surface area contributed by atoms with E-state index in [9.17, 15) is 4.79 Å². The normalized spacial score (nSPS) is 11.5. The summed E-state index contributed by atoms with van der Waals surface area (Å²) in [7, 11) is 3.31. The van der Waals surface area contributed by atoms with Gasteiger partial charge in [-0.05, 0) is 51.6 Å². The Morgan fingerprint density at radius 2 is 1.81 bits per heavy atom. The Morgan fingerprint density at radius 1 is 1.13 bits per heavy atom. The second kappa shape index (κ2) is 15.1. The van der Waals surface area contributed by atoms with Gasteiger partial charge in [0.05, 0.1) is 13.7 Å². The number of nitrogens with zero attached hydrogens (tertiary/aromatic N) is 2. The predicted octanol–water partition coefficient (Wildman–Crippen LogP) is 2.61. The monoisotopic (exact) mass is 549 g/mol. The van der Waals surface area contributed by atoms with Crippen LogP contribution in [-0.4, -0.2) is 69.2 Å². The van der Waals surface area contributed by atoms with Gasteiger partial charge in [-0.1, -0.05) is 19.9 Å². The molecule has 0 unspecified atom stereocenters. The molecule has 0 heterocycles. The van der Waals surface area contributed by atoms with Gasteiger partial charge >= 0.3 is 0 Å². The Labute approximate surface area is 204 Å². The van der Waals surface area contributed by atoms with E-state index in [1.165, 1.54) is 0 Å². The average Bonchev–Trinajstić information content (AvgIpc) is 2.70. The minimum atomic E-state index is -0.262. The van der Waals surface area contributed by atoms with Crippen molar-refractivity contribution in [3.05, 3.63) is 23.8 Å². The van der Waals surface area contributed by atoms with Crippen molar-refractivity contribution in [2.45, 2.75) is 46.7 Å². The number of ether oxygens (including phenoxy) is 2. The molecule has 178 valence electrons. The van der Waals surface area contributed by atoms with Crippen molar-refractivity contribution < 1.29 is 14.3 Å². The van der Waals surface area contributed by atoms with Crippen molar-refractivity contribution in [2.24, 2.45) is 4.99 Å². The van der Waals surface area contributed by atoms with Gasteiger partial charge in [0.15, 0.2) is 17.5 Å². The van der Waals surface area contributed by atoms with Gasteiger partial charge < -0.3 is 30.3 Å². The van der Waals surface area contributed by atoms with Gasteiger partial charge in [-0.25, -0.2) is 0 Å². The number of aliphatic imine (C=N–C) groups is 1. The number of carbonyl (C=O) groups is 1. The van der Waals surface area contributed by atoms with Crippen LogP contribution in [-0.2, 0) is 11.3 Å². The number of halogens is 1. The number of likely N-dealkylation sites (N-methyl/N-ethyl adjacent to an activating group) is 1. The van der Waals surface area contributed by atoms with Crippen molar-refractivity contribution in [2.75, 3.05) is 46.9 Å². The first kappa shape index (κ1) is 29.2. The second-order valence-corrected chi connectivity index (χ2v) is 7.94. The summed E-state index contributed by atoms with van der Waals surface area (Å²) in [6.07, 6.45) is 0. The minimum Gasteiger partial charge on any atom is -0.493 e. The number of rotatable bonds is 11. The molecule has 9 heteroatoms. The molecule has 8 nitrogen and oxygen atoms in total. The van der Waals surface area contributed by atoms with E-state index in [0.29, 0.717) is 24.9 Å². The Hall–Kier alpha value is -1.75. The van der Waals surface area contributed by atoms with E-state index in [1.807, 2.05) is 39.0 Å². The molecule has 31 heavy (non-hydrogen) atoms. The van der Waals surface area contributed by atoms with Crippen LogP contribution >= 0.6 is 24.0 Å². The van der Waals surface area contributed by atoms with Crippen LogP contribution in [0.25, 0.3) is 0 Å². The molecule has 1 aromatic rings. The summed E-state index contributed by atoms with van der Waals surface area (Å²) in [6, 6.07) is 5.85. The van der Waals surface area contributed by atoms with Gasteiger partial charge in [-0.3, -0.25) is 9.79 Å². The summed E-state index contributed by atoms with van der Waals surface area (Å²) < 4.78 is 11.4. The van der Waals surface area contributed by atoms with Gasteiger partial charge in [0.1, 0.15) is 6.61 Å². The smallest absolute Gasteiger partial charge is 0.239 e. The van der Waals surface area contributed by atoms with E-state index >= 15 is 0 Å². The molecule has 0 fully saturated rings. The van der Waals surface area contributed by atoms with E-state index in [4.69, 9.17) is 9.47 Å². The lowest BCUT2D eigenvalue weighted by atomic mass is 10.1. The topological polar surface area (TPSA) is 87.2 Å². The lowest BCUT2D eigenvalue weighted by Gasteiger charge is -2.21. The molecule has 1 rings (SSSR count). The zero-order valence-corrected chi connectivity index (χ0v) is 22.3. The summed E-state index contributed by atoms with van der Waals surface area (Å²) >= 11 is 0. The van der Waals surface area contributed by atoms with Gasteiger partial charge in [0.25, 0.3) is 0 Å². The van der Waals surface area contributed by atoms with Crippen LogP contribution in [0.4, 0.5) is 0 Å². The minimum absolute atomic E-state index is 0. The maximum Gasteiger partial charge on any atom is 0.239 e. The maximum atomic E-state index is 12.0. The molecule has 0 aliphatic rings. The maximum absolute atomic E-state index is 12.0. The molecule has 0 saturated carbocycles. The first-order valence-corrected chi connectivity index (χ1v) is 10.5. The molecule has 3 N–H and O–H groups in total. The number of nitrogens with one attached hydrogen (secondary N) is 3. The molecule has 0 radical (unpaired) electrons. The zero-order valence-electron chi connectivity index (χ0n) is 20.0. The molecular weight excluding hydrogens is 509 g/mol. The molecule has 0 spiro atoms. The largest absolute Gasteiger partial charge is 0.493 e. The Morgan fingerprint density at radius 3 is 2.35 bits per heavy atom. The van der Waals surface area contributed by atoms with E-state index in [-0.39, 0.29) is 42.0 Å². The zero-order chi connectivity index (χ0) is 22.6. The third-order valence-electron chi connectivity index (χ3n) is 4.40. The highest BCUT2D eigenvalue weighted by molar-refractivity contribution is 14.0. The van der Waals surface area contributed by atoms with Crippen molar-refractivity contribution in [3.63, 3.8) is 0 Å². The predicted molar refractivity (Wildman–Crippen MR) is 138 cm³/mol. The van der Waals surface area contributed by atoms with Crippen molar-refractivity contribution in [3.8, 4) is 11.5 Å². The highest BCUT2D eigenvalue weighted by Gasteiger charge is 2.14. The number of carbonyl (C=O) groups excluding carboxylic acids is 1. The SMILES string of the molecule is CCN(CC)CCOc1ccc(CNC(=NC)NCC(=O)NC(C)(C)C)cc1OC.I. The highest BCUT2D eigenvalue weighted by atomic mass is 127. The fourth-order valence-corrected chi connectivity index (χ4v) is 2.80. The molecule has 1 aromatic carbocycles. The van der Waals surface area contributed by atoms with Crippen LogP contribution in [0.3, 0.4) is 0 Å². The summed E-state index contributed by atoms with van der Waals surface area (Å²) in [4.78, 5) is 18.4. The lowest BCUT2D eigenvalue weighted by Crippen LogP contribution is -2.48. The van der Waals surface area contributed by atoms with E-state index in [1.54, 1.807) is 14.2 Å². The molecule has 0 atom stereocenters. The summed E-state index contributed by atoms with van der Waals surface area (Å²) in [6.45, 7) is 14.3. The molecule has 0 aromatic heterocycles. The third kappa shape index (κ3) is 12.0. The van der Waals surface area contributed by atoms with E-state index in [0.717, 1.165) is 30.9 Å². The van der Waals surface area contributed by atoms with Crippen LogP contribution in [0, 0.1) is 0 Å². The Kier molecular flexibility index (Phi) is 14.3. The quantitative estimate of drug-likeness (QED) is 0.224. The van der Waals surface area contributed by atoms with Crippen LogP contribution < -0.4 is 25.4 Å². The van der Waals surface area contributed by atoms with Gasteiger partial charge in [-0.15, -0.1) is 24.0 Å². The number of hydrogen-bond donors (Lipinski definition) is 3. The fourth-order valence-electron chi connectivity index (χ4n) is 2.80. The fraction of sp³-hybridized carbons (Fsp3) is 0.636. The molecule has 0 saturated heterocycles. The molecule has 1 amide bonds. The number of guanidine groups is 1. The standard InChI is InChI=1S/C22H39N5O3.HI/c1-8-27(9-2)12-13-30-18-11-10-17(14-19(18)29-7)15-24-21(23-6)25-16-20(28)26-22(3,4)5;/h10-11,14H,8-9,12-13,15-16H2,1-7H3,(H,26,28)(H2,23,24,25);1H. The van der Waals surface area contributed by atoms with Gasteiger partial charge in [-0.2, -0.15) is 0 Å². The lowest BCUT2D eigenvalue weighted by molar-refractivity contribution is -0.121. The number of benzene rings is 1. The number of amides is 1. The molecule has 0 bridgehead atoms. The first-order valence-electron chi connectivity index (χ1n) is 10.5. The third-order valence-corrected chi connectivity index (χ3v) is 4.40. The Bertz CT molecular complexity index is 688. The van der Waals surface area contributed by atoms with E-state index < -0.39 is 0 Å². The molecule has 0 aliphatic heterocycles. The van der Waals surface area contributed by atoms with Crippen molar-refractivity contribution in [1.82, 2.24) is 20.9 Å². The van der Waals surface area contributed by atoms with Crippen LogP contribution in [0.1, 0.15) is 40.2 Å². The second-order valence-electron chi connectivity index (χ2n) is 7.94. The highest BCUT2D eigenvalue weighted by Crippen LogP contribution is 2.28. The van der Waals surface area contributed by atoms with Crippen molar-refractivity contribution in [1.29, 1.82) is 0 Å². The number of hydrogen-bond acceptors (Lipinski definition) is 5. The summed E-state index contributed by atoms with van der Waals surface area (Å²) in [5.41, 5.74) is 0.756. The molecular formula is C22H40IN5O3. The van der Waals surface area contributed by atoms with Crippen LogP contribution in [0.5, 0.6) is 11.5 Å². The average molecular weight is 549 g/mol. The van der Waals surface area contributed by atoms with Crippen LogP contribution in [0.15, 0.2) is 23.2 Å².